The number of thioether (sulfide) groups is 2. The van der Waals surface area contributed by atoms with Gasteiger partial charge in [-0.15, -0.1) is 10.2 Å². The normalized spacial score (nSPS) is 11.1. The molecule has 0 radical (unpaired) electrons. The van der Waals surface area contributed by atoms with Crippen LogP contribution in [-0.4, -0.2) is 86.5 Å². The minimum atomic E-state index is -0.565. The fourth-order valence-electron chi connectivity index (χ4n) is 11.2. The largest absolute Gasteiger partial charge is 0.506 e. The summed E-state index contributed by atoms with van der Waals surface area (Å²) in [5.41, 5.74) is 7.17. The van der Waals surface area contributed by atoms with Crippen molar-refractivity contribution in [2.24, 2.45) is 0 Å². The number of tetrazole rings is 2. The zero-order valence-corrected chi connectivity index (χ0v) is 58.9. The molecule has 0 spiro atoms. The van der Waals surface area contributed by atoms with Crippen molar-refractivity contribution < 1.29 is 48.5 Å². The number of phenols is 2. The van der Waals surface area contributed by atoms with Gasteiger partial charge in [0.1, 0.15) is 41.0 Å². The van der Waals surface area contributed by atoms with Gasteiger partial charge in [-0.2, -0.15) is 4.68 Å². The Morgan fingerprint density at radius 1 is 0.515 bits per heavy atom. The molecule has 11 aromatic rings. The third kappa shape index (κ3) is 19.5. The number of esters is 1. The van der Waals surface area contributed by atoms with Crippen LogP contribution in [0.4, 0.5) is 17.1 Å². The van der Waals surface area contributed by atoms with Gasteiger partial charge in [-0.05, 0) is 149 Å². The van der Waals surface area contributed by atoms with Crippen LogP contribution in [0.5, 0.6) is 40.2 Å². The Hall–Kier alpha value is -10.9. The average Bonchev–Trinajstić information content (AvgIpc) is 1.58. The first-order chi connectivity index (χ1) is 49.0. The zero-order valence-electron chi connectivity index (χ0n) is 57.3. The number of nitrogens with zero attached hydrogens (tertiary/aromatic N) is 9. The summed E-state index contributed by atoms with van der Waals surface area (Å²) in [6.45, 7) is 12.6. The molecule has 0 atom stereocenters. The summed E-state index contributed by atoms with van der Waals surface area (Å²) in [5.74, 6) is 0.890. The first kappa shape index (κ1) is 72.9. The number of carbonyl (C=O) groups excluding carboxylic acids is 3. The highest BCUT2D eigenvalue weighted by Gasteiger charge is 2.25. The second-order valence-corrected chi connectivity index (χ2v) is 26.3. The predicted molar refractivity (Wildman–Crippen MR) is 393 cm³/mol. The molecule has 0 fully saturated rings. The Morgan fingerprint density at radius 3 is 1.66 bits per heavy atom. The monoisotopic (exact) mass is 1400 g/mol. The molecule has 0 saturated heterocycles. The lowest BCUT2D eigenvalue weighted by atomic mass is 10.0. The van der Waals surface area contributed by atoms with E-state index in [1.165, 1.54) is 86.0 Å². The molecule has 0 aliphatic carbocycles. The maximum Gasteiger partial charge on any atom is 0.327 e. The summed E-state index contributed by atoms with van der Waals surface area (Å²) in [6, 6.07) is 48.9. The number of aromatic nitrogens is 8. The Labute approximate surface area is 594 Å². The van der Waals surface area contributed by atoms with Crippen molar-refractivity contribution in [2.45, 2.75) is 141 Å². The van der Waals surface area contributed by atoms with Crippen LogP contribution in [0.1, 0.15) is 139 Å². The van der Waals surface area contributed by atoms with Gasteiger partial charge in [0.2, 0.25) is 16.1 Å². The zero-order chi connectivity index (χ0) is 71.2. The topological polar surface area (TPSA) is 283 Å². The molecule has 0 unspecified atom stereocenters. The van der Waals surface area contributed by atoms with Crippen molar-refractivity contribution in [1.29, 1.82) is 0 Å². The minimum absolute atomic E-state index is 0.0541. The van der Waals surface area contributed by atoms with E-state index in [9.17, 15) is 34.7 Å². The third-order valence-electron chi connectivity index (χ3n) is 16.5. The third-order valence-corrected chi connectivity index (χ3v) is 18.6. The summed E-state index contributed by atoms with van der Waals surface area (Å²) in [7, 11) is 0. The Balaban J connectivity index is 0.000000221. The van der Waals surface area contributed by atoms with E-state index < -0.39 is 22.7 Å². The number of phenolic OH excluding ortho intramolecular Hbond substituents is 2. The lowest BCUT2D eigenvalue weighted by molar-refractivity contribution is -0.385. The van der Waals surface area contributed by atoms with E-state index in [0.29, 0.717) is 91.4 Å². The second kappa shape index (κ2) is 35.8. The molecule has 11 rings (SSSR count). The first-order valence-corrected chi connectivity index (χ1v) is 35.7. The molecule has 2 heterocycles. The number of unbranched alkanes of at least 4 members (excludes halogenated alkanes) is 9. The van der Waals surface area contributed by atoms with Crippen LogP contribution in [0.15, 0.2) is 174 Å². The van der Waals surface area contributed by atoms with Crippen molar-refractivity contribution in [3.8, 4) is 45.9 Å². The lowest BCUT2D eigenvalue weighted by Crippen LogP contribution is -2.16. The summed E-state index contributed by atoms with van der Waals surface area (Å²) in [5, 5.41) is 67.1. The first-order valence-electron chi connectivity index (χ1n) is 33.7. The number of hydrogen-bond donors (Lipinski definition) is 4. The molecule has 0 aliphatic heterocycles. The van der Waals surface area contributed by atoms with Gasteiger partial charge in [-0.1, -0.05) is 198 Å². The number of para-hydroxylation sites is 1. The van der Waals surface area contributed by atoms with Gasteiger partial charge in [0.15, 0.2) is 0 Å². The van der Waals surface area contributed by atoms with Gasteiger partial charge in [0, 0.05) is 44.8 Å². The van der Waals surface area contributed by atoms with Crippen LogP contribution in [0.3, 0.4) is 0 Å². The highest BCUT2D eigenvalue weighted by molar-refractivity contribution is 7.98. The smallest absolute Gasteiger partial charge is 0.327 e. The Bertz CT molecular complexity index is 4700. The van der Waals surface area contributed by atoms with Crippen molar-refractivity contribution in [3.05, 3.63) is 218 Å². The quantitative estimate of drug-likeness (QED) is 0.0100. The minimum Gasteiger partial charge on any atom is -0.506 e. The number of carbonyl (C=O) groups is 3. The number of ether oxygens (including phenoxy) is 4. The number of nitro benzene ring substituents is 1. The highest BCUT2D eigenvalue weighted by Crippen LogP contribution is 2.43. The van der Waals surface area contributed by atoms with Crippen molar-refractivity contribution >= 4 is 79.9 Å². The number of amides is 2. The van der Waals surface area contributed by atoms with E-state index in [4.69, 9.17) is 18.9 Å². The second-order valence-electron chi connectivity index (χ2n) is 24.4. The Kier molecular flexibility index (Phi) is 25.8. The van der Waals surface area contributed by atoms with E-state index in [2.05, 4.69) is 54.7 Å². The molecule has 2 aromatic heterocycles. The van der Waals surface area contributed by atoms with Crippen molar-refractivity contribution in [3.63, 3.8) is 0 Å². The summed E-state index contributed by atoms with van der Waals surface area (Å²) < 4.78 is 26.9. The summed E-state index contributed by atoms with van der Waals surface area (Å²) in [4.78, 5) is 50.9. The van der Waals surface area contributed by atoms with Gasteiger partial charge in [0.05, 0.1) is 40.6 Å². The van der Waals surface area contributed by atoms with Crippen LogP contribution in [0, 0.1) is 37.8 Å². The van der Waals surface area contributed by atoms with E-state index in [0.717, 1.165) is 46.3 Å². The number of benzene rings is 9. The predicted octanol–water partition coefficient (Wildman–Crippen LogP) is 18.1. The lowest BCUT2D eigenvalue weighted by Gasteiger charge is -2.17. The molecule has 2 amide bonds. The van der Waals surface area contributed by atoms with E-state index >= 15 is 0 Å². The fraction of sp³-hybridized carbons (Fsp3) is 0.286. The molecule has 24 heteroatoms. The number of nitro groups is 1. The van der Waals surface area contributed by atoms with E-state index in [1.54, 1.807) is 58.9 Å². The number of nitrogens with one attached hydrogen (secondary N) is 2. The number of aromatic hydroxyl groups is 2. The van der Waals surface area contributed by atoms with Gasteiger partial charge in [0.25, 0.3) is 11.8 Å². The maximum absolute atomic E-state index is 13.9. The van der Waals surface area contributed by atoms with Crippen LogP contribution in [0.2, 0.25) is 0 Å². The summed E-state index contributed by atoms with van der Waals surface area (Å²) in [6.07, 6.45) is 13.2. The number of rotatable bonds is 32. The average molecular weight is 1400 g/mol. The number of hydrogen-bond acceptors (Lipinski definition) is 19. The molecule has 4 N–H and O–H groups in total. The van der Waals surface area contributed by atoms with Crippen LogP contribution in [0.25, 0.3) is 27.2 Å². The number of fused-ring (bicyclic) bond motifs is 2. The molecule has 0 aliphatic rings. The van der Waals surface area contributed by atoms with E-state index in [1.807, 2.05) is 132 Å². The van der Waals surface area contributed by atoms with Gasteiger partial charge in [-0.25, -0.2) is 4.68 Å². The van der Waals surface area contributed by atoms with E-state index in [-0.39, 0.29) is 52.1 Å². The van der Waals surface area contributed by atoms with Crippen LogP contribution >= 0.6 is 23.5 Å². The highest BCUT2D eigenvalue weighted by atomic mass is 32.2. The molecule has 9 aromatic carbocycles. The molecule has 101 heavy (non-hydrogen) atoms. The van der Waals surface area contributed by atoms with Crippen molar-refractivity contribution in [1.82, 2.24) is 40.4 Å². The van der Waals surface area contributed by atoms with Crippen LogP contribution < -0.4 is 24.8 Å². The summed E-state index contributed by atoms with van der Waals surface area (Å²) >= 11 is 2.74. The molecule has 0 saturated carbocycles. The Morgan fingerprint density at radius 2 is 1.04 bits per heavy atom. The van der Waals surface area contributed by atoms with Crippen molar-refractivity contribution in [2.75, 3.05) is 23.8 Å². The molecular weight excluding hydrogens is 1320 g/mol. The molecule has 22 nitrogen and oxygen atoms in total. The standard InChI is InChI=1S/C45H51N5O4S.C32H30N6O7S/c1-4-5-6-7-8-9-10-11-12-18-27-53-41-25-23-32(2)28-39(41)46-44(52)38-30-42(36-21-16-17-22-37(36)43(38)51)54-40-26-24-34(29-33(40)3)31-55-45-47-48-49-50(45)35-19-14-13-15-20-35;1-4-13-44-29(39)17-37-32(34-35-36-37)46-18-21-11-12-27(26(15-21)38(42)43)45-28-16-24(30(40)23-8-6-5-7-22(23)28)31(41)33-25-14-19(2)9-10-20(25)3/h13-17,19-26,28-30,51H,4-12,18,27,31H2,1-3H3,(H,46,52);5-12,14-16,40H,4,13,17-18H2,1-3H3,(H,33,41). The van der Waals surface area contributed by atoms with Crippen LogP contribution in [-0.2, 0) is 27.6 Å². The fourth-order valence-corrected chi connectivity index (χ4v) is 12.8. The van der Waals surface area contributed by atoms with Gasteiger partial charge >= 0.3 is 11.7 Å². The maximum atomic E-state index is 13.9. The van der Waals surface area contributed by atoms with Gasteiger partial charge in [-0.3, -0.25) is 24.5 Å². The van der Waals surface area contributed by atoms with Gasteiger partial charge < -0.3 is 39.8 Å². The SMILES string of the molecule is CCCCCCCCCCCCOc1ccc(C)cc1NC(=O)c1cc(Oc2ccc(CSc3nnnn3-c3ccccc3)cc2C)c2ccccc2c1O.CCCOC(=O)Cn1nnnc1SCc1ccc(Oc2cc(C(=O)Nc3cc(C)ccc3C)c(O)c3ccccc23)c([N+](=O)[O-])c1. The number of aryl methyl sites for hydroxylation is 4. The number of anilines is 2. The molecule has 0 bridgehead atoms. The molecular formula is C77H81N11O11S2. The molecule has 522 valence electrons.